The second-order valence-electron chi connectivity index (χ2n) is 7.48. The normalized spacial score (nSPS) is 11.1. The van der Waals surface area contributed by atoms with Crippen molar-refractivity contribution in [3.63, 3.8) is 0 Å². The maximum Gasteiger partial charge on any atom is 0.277 e. The minimum Gasteiger partial charge on any atom is -0.383 e. The van der Waals surface area contributed by atoms with Gasteiger partial charge in [-0.2, -0.15) is 0 Å². The number of amides is 1. The number of hydrogen-bond donors (Lipinski definition) is 1. The number of nitrogens with one attached hydrogen (secondary N) is 1. The number of fused-ring (bicyclic) bond motifs is 1. The number of methoxy groups -OCH3 is 1. The van der Waals surface area contributed by atoms with Crippen LogP contribution in [0.25, 0.3) is 22.2 Å². The molecule has 0 spiro atoms. The fourth-order valence-corrected chi connectivity index (χ4v) is 3.59. The summed E-state index contributed by atoms with van der Waals surface area (Å²) in [4.78, 5) is 30.5. The number of rotatable bonds is 7. The zero-order valence-corrected chi connectivity index (χ0v) is 17.8. The quantitative estimate of drug-likeness (QED) is 0.482. The molecule has 0 saturated heterocycles. The fourth-order valence-electron chi connectivity index (χ4n) is 3.59. The van der Waals surface area contributed by atoms with Gasteiger partial charge < -0.3 is 14.6 Å². The number of carbonyl (C=O) groups is 1. The summed E-state index contributed by atoms with van der Waals surface area (Å²) in [5.41, 5.74) is 3.36. The van der Waals surface area contributed by atoms with Crippen LogP contribution in [0.1, 0.15) is 5.56 Å². The predicted octanol–water partition coefficient (Wildman–Crippen LogP) is 3.60. The first-order chi connectivity index (χ1) is 15.5. The molecule has 0 unspecified atom stereocenters. The number of hydrogen-bond acceptors (Lipinski definition) is 4. The molecule has 1 N–H and O–H groups in total. The lowest BCUT2D eigenvalue weighted by Gasteiger charge is -2.10. The van der Waals surface area contributed by atoms with Crippen LogP contribution in [0.5, 0.6) is 0 Å². The van der Waals surface area contributed by atoms with E-state index in [9.17, 15) is 14.0 Å². The van der Waals surface area contributed by atoms with E-state index in [4.69, 9.17) is 4.74 Å². The van der Waals surface area contributed by atoms with E-state index in [2.05, 4.69) is 10.3 Å². The molecule has 1 amide bonds. The Morgan fingerprint density at radius 1 is 1.16 bits per heavy atom. The standard InChI is InChI=1S/C24H23FN4O3/c1-16-8-9-18(25)12-20(16)27-21(30)14-29-13-19(17-6-4-3-5-7-17)22-23(29)24(31)28(15-26-22)10-11-32-2/h3-9,12-13,15H,10-11,14H2,1-2H3,(H,27,30). The summed E-state index contributed by atoms with van der Waals surface area (Å²) in [6.45, 7) is 2.37. The van der Waals surface area contributed by atoms with Crippen LogP contribution in [0.15, 0.2) is 65.8 Å². The Morgan fingerprint density at radius 3 is 2.69 bits per heavy atom. The number of benzene rings is 2. The molecule has 0 atom stereocenters. The molecule has 32 heavy (non-hydrogen) atoms. The number of aromatic nitrogens is 3. The molecule has 8 heteroatoms. The summed E-state index contributed by atoms with van der Waals surface area (Å²) in [5, 5.41) is 2.73. The van der Waals surface area contributed by atoms with E-state index in [1.54, 1.807) is 30.9 Å². The summed E-state index contributed by atoms with van der Waals surface area (Å²) >= 11 is 0. The van der Waals surface area contributed by atoms with E-state index < -0.39 is 5.82 Å². The van der Waals surface area contributed by atoms with Gasteiger partial charge in [-0.3, -0.25) is 14.2 Å². The number of carbonyl (C=O) groups excluding carboxylic acids is 1. The first kappa shape index (κ1) is 21.5. The van der Waals surface area contributed by atoms with Crippen molar-refractivity contribution in [3.8, 4) is 11.1 Å². The van der Waals surface area contributed by atoms with Crippen LogP contribution in [0.4, 0.5) is 10.1 Å². The van der Waals surface area contributed by atoms with Crippen LogP contribution in [-0.2, 0) is 22.6 Å². The third-order valence-corrected chi connectivity index (χ3v) is 5.25. The highest BCUT2D eigenvalue weighted by Gasteiger charge is 2.18. The van der Waals surface area contributed by atoms with Gasteiger partial charge in [-0.05, 0) is 30.2 Å². The highest BCUT2D eigenvalue weighted by Crippen LogP contribution is 2.27. The Hall–Kier alpha value is -3.78. The molecular formula is C24H23FN4O3. The van der Waals surface area contributed by atoms with Crippen LogP contribution in [0.2, 0.25) is 0 Å². The highest BCUT2D eigenvalue weighted by molar-refractivity contribution is 5.96. The topological polar surface area (TPSA) is 78.2 Å². The lowest BCUT2D eigenvalue weighted by molar-refractivity contribution is -0.116. The van der Waals surface area contributed by atoms with Gasteiger partial charge in [-0.1, -0.05) is 36.4 Å². The van der Waals surface area contributed by atoms with Crippen molar-refractivity contribution < 1.29 is 13.9 Å². The smallest absolute Gasteiger partial charge is 0.277 e. The number of aryl methyl sites for hydroxylation is 1. The molecule has 0 aliphatic carbocycles. The van der Waals surface area contributed by atoms with Crippen molar-refractivity contribution in [2.24, 2.45) is 0 Å². The van der Waals surface area contributed by atoms with Gasteiger partial charge in [0.05, 0.1) is 19.5 Å². The summed E-state index contributed by atoms with van der Waals surface area (Å²) in [7, 11) is 1.56. The maximum absolute atomic E-state index is 13.6. The van der Waals surface area contributed by atoms with Crippen LogP contribution < -0.4 is 10.9 Å². The van der Waals surface area contributed by atoms with Crippen LogP contribution >= 0.6 is 0 Å². The SMILES string of the molecule is COCCn1cnc2c(-c3ccccc3)cn(CC(=O)Nc3cc(F)ccc3C)c2c1=O. The molecule has 2 aromatic heterocycles. The molecule has 164 valence electrons. The first-order valence-electron chi connectivity index (χ1n) is 10.2. The third kappa shape index (κ3) is 4.31. The van der Waals surface area contributed by atoms with Gasteiger partial charge in [0.15, 0.2) is 0 Å². The van der Waals surface area contributed by atoms with Crippen molar-refractivity contribution in [2.45, 2.75) is 20.0 Å². The minimum absolute atomic E-state index is 0.121. The van der Waals surface area contributed by atoms with Gasteiger partial charge in [0.2, 0.25) is 5.91 Å². The van der Waals surface area contributed by atoms with E-state index in [0.717, 1.165) is 16.7 Å². The Kier molecular flexibility index (Phi) is 6.13. The summed E-state index contributed by atoms with van der Waals surface area (Å²) in [6.07, 6.45) is 3.25. The molecule has 0 radical (unpaired) electrons. The molecule has 4 rings (SSSR count). The Labute approximate surface area is 184 Å². The molecule has 0 aliphatic heterocycles. The van der Waals surface area contributed by atoms with Crippen molar-refractivity contribution >= 4 is 22.6 Å². The molecule has 0 bridgehead atoms. The first-order valence-corrected chi connectivity index (χ1v) is 10.2. The van der Waals surface area contributed by atoms with Crippen molar-refractivity contribution in [3.05, 3.63) is 82.8 Å². The molecule has 0 aliphatic rings. The Morgan fingerprint density at radius 2 is 1.94 bits per heavy atom. The van der Waals surface area contributed by atoms with E-state index in [1.165, 1.54) is 23.0 Å². The summed E-state index contributed by atoms with van der Waals surface area (Å²) in [6, 6.07) is 13.8. The molecule has 4 aromatic rings. The molecule has 0 fully saturated rings. The number of ether oxygens (including phenoxy) is 1. The second kappa shape index (κ2) is 9.15. The van der Waals surface area contributed by atoms with E-state index in [-0.39, 0.29) is 18.0 Å². The molecule has 2 heterocycles. The van der Waals surface area contributed by atoms with Crippen LogP contribution in [-0.4, -0.2) is 33.7 Å². The third-order valence-electron chi connectivity index (χ3n) is 5.25. The van der Waals surface area contributed by atoms with Gasteiger partial charge in [0.25, 0.3) is 5.56 Å². The minimum atomic E-state index is -0.436. The monoisotopic (exact) mass is 434 g/mol. The maximum atomic E-state index is 13.6. The summed E-state index contributed by atoms with van der Waals surface area (Å²) < 4.78 is 21.7. The predicted molar refractivity (Wildman–Crippen MR) is 121 cm³/mol. The molecule has 0 saturated carbocycles. The number of halogens is 1. The van der Waals surface area contributed by atoms with Gasteiger partial charge >= 0.3 is 0 Å². The van der Waals surface area contributed by atoms with Crippen molar-refractivity contribution in [2.75, 3.05) is 19.0 Å². The van der Waals surface area contributed by atoms with Gasteiger partial charge in [0, 0.05) is 24.6 Å². The highest BCUT2D eigenvalue weighted by atomic mass is 19.1. The van der Waals surface area contributed by atoms with Crippen molar-refractivity contribution in [1.82, 2.24) is 14.1 Å². The number of nitrogens with zero attached hydrogens (tertiary/aromatic N) is 3. The largest absolute Gasteiger partial charge is 0.383 e. The number of anilines is 1. The van der Waals surface area contributed by atoms with Crippen LogP contribution in [0, 0.1) is 12.7 Å². The zero-order chi connectivity index (χ0) is 22.7. The average Bonchev–Trinajstić information content (AvgIpc) is 3.15. The van der Waals surface area contributed by atoms with Gasteiger partial charge in [0.1, 0.15) is 23.4 Å². The molecular weight excluding hydrogens is 411 g/mol. The second-order valence-corrected chi connectivity index (χ2v) is 7.48. The Balaban J connectivity index is 1.76. The van der Waals surface area contributed by atoms with E-state index in [1.807, 2.05) is 30.3 Å². The zero-order valence-electron chi connectivity index (χ0n) is 17.8. The van der Waals surface area contributed by atoms with E-state index in [0.29, 0.717) is 29.9 Å². The van der Waals surface area contributed by atoms with Crippen molar-refractivity contribution in [1.29, 1.82) is 0 Å². The Bertz CT molecular complexity index is 1330. The van der Waals surface area contributed by atoms with Gasteiger partial charge in [-0.25, -0.2) is 9.37 Å². The fraction of sp³-hybridized carbons (Fsp3) is 0.208. The van der Waals surface area contributed by atoms with Crippen LogP contribution in [0.3, 0.4) is 0 Å². The van der Waals surface area contributed by atoms with Gasteiger partial charge in [-0.15, -0.1) is 0 Å². The lowest BCUT2D eigenvalue weighted by atomic mass is 10.1. The molecule has 7 nitrogen and oxygen atoms in total. The summed E-state index contributed by atoms with van der Waals surface area (Å²) in [5.74, 6) is -0.809. The molecule has 2 aromatic carbocycles. The lowest BCUT2D eigenvalue weighted by Crippen LogP contribution is -2.26. The van der Waals surface area contributed by atoms with E-state index >= 15 is 0 Å². The average molecular weight is 434 g/mol.